The minimum atomic E-state index is 0.171. The van der Waals surface area contributed by atoms with Gasteiger partial charge in [-0.2, -0.15) is 0 Å². The molecule has 0 radical (unpaired) electrons. The van der Waals surface area contributed by atoms with Crippen molar-refractivity contribution >= 4 is 21.8 Å². The number of carbonyl (C=O) groups is 1. The summed E-state index contributed by atoms with van der Waals surface area (Å²) in [4.78, 5) is 17.3. The number of amides is 1. The highest BCUT2D eigenvalue weighted by Crippen LogP contribution is 2.25. The van der Waals surface area contributed by atoms with Crippen molar-refractivity contribution in [1.29, 1.82) is 0 Å². The molecule has 2 aliphatic heterocycles. The number of aryl methyl sites for hydroxylation is 1. The Bertz CT molecular complexity index is 526. The molecule has 2 fully saturated rings. The fraction of sp³-hybridized carbons (Fsp3) is 0.588. The molecule has 1 aromatic rings. The van der Waals surface area contributed by atoms with E-state index in [0.717, 1.165) is 35.1 Å². The van der Waals surface area contributed by atoms with Gasteiger partial charge in [-0.15, -0.1) is 0 Å². The summed E-state index contributed by atoms with van der Waals surface area (Å²) in [6.45, 7) is 6.23. The van der Waals surface area contributed by atoms with Gasteiger partial charge in [0.15, 0.2) is 0 Å². The quantitative estimate of drug-likeness (QED) is 0.815. The van der Waals surface area contributed by atoms with Crippen LogP contribution in [-0.4, -0.2) is 47.9 Å². The second-order valence-electron chi connectivity index (χ2n) is 6.27. The normalized spacial score (nSPS) is 23.5. The van der Waals surface area contributed by atoms with E-state index >= 15 is 0 Å². The first-order chi connectivity index (χ1) is 10.1. The standard InChI is InChI=1S/C17H23BrN2O/c1-13-5-6-16(18)15(11-13)17(21)20-10-7-14(12-20)19-8-3-2-4-9-19/h5-6,11,14H,2-4,7-10,12H2,1H3. The van der Waals surface area contributed by atoms with Gasteiger partial charge in [0, 0.05) is 23.6 Å². The molecule has 2 heterocycles. The molecule has 3 nitrogen and oxygen atoms in total. The molecule has 0 aromatic heterocycles. The number of halogens is 1. The van der Waals surface area contributed by atoms with Crippen LogP contribution in [0.2, 0.25) is 0 Å². The molecular formula is C17H23BrN2O. The summed E-state index contributed by atoms with van der Waals surface area (Å²) in [5.74, 6) is 0.171. The average molecular weight is 351 g/mol. The third kappa shape index (κ3) is 3.32. The van der Waals surface area contributed by atoms with Crippen molar-refractivity contribution in [3.05, 3.63) is 33.8 Å². The summed E-state index contributed by atoms with van der Waals surface area (Å²) in [6, 6.07) is 6.56. The van der Waals surface area contributed by atoms with Gasteiger partial charge in [0.05, 0.1) is 5.56 Å². The van der Waals surface area contributed by atoms with E-state index in [1.54, 1.807) is 0 Å². The smallest absolute Gasteiger partial charge is 0.255 e. The van der Waals surface area contributed by atoms with E-state index in [1.807, 2.05) is 30.0 Å². The minimum Gasteiger partial charge on any atom is -0.337 e. The molecule has 1 atom stereocenters. The number of hydrogen-bond donors (Lipinski definition) is 0. The van der Waals surface area contributed by atoms with E-state index in [4.69, 9.17) is 0 Å². The van der Waals surface area contributed by atoms with Gasteiger partial charge in [0.25, 0.3) is 5.91 Å². The van der Waals surface area contributed by atoms with Crippen LogP contribution in [0.3, 0.4) is 0 Å². The first-order valence-electron chi connectivity index (χ1n) is 7.94. The van der Waals surface area contributed by atoms with Crippen LogP contribution in [0.5, 0.6) is 0 Å². The highest BCUT2D eigenvalue weighted by atomic mass is 79.9. The third-order valence-electron chi connectivity index (χ3n) is 4.71. The number of likely N-dealkylation sites (tertiary alicyclic amines) is 2. The van der Waals surface area contributed by atoms with Gasteiger partial charge in [0.1, 0.15) is 0 Å². The second-order valence-corrected chi connectivity index (χ2v) is 7.13. The van der Waals surface area contributed by atoms with Crippen molar-refractivity contribution in [3.63, 3.8) is 0 Å². The van der Waals surface area contributed by atoms with Crippen LogP contribution in [0, 0.1) is 6.92 Å². The lowest BCUT2D eigenvalue weighted by atomic mass is 10.1. The molecule has 0 saturated carbocycles. The number of carbonyl (C=O) groups excluding carboxylic acids is 1. The monoisotopic (exact) mass is 350 g/mol. The highest BCUT2D eigenvalue weighted by molar-refractivity contribution is 9.10. The molecule has 0 spiro atoms. The number of piperidine rings is 1. The Morgan fingerprint density at radius 2 is 1.95 bits per heavy atom. The molecule has 0 aliphatic carbocycles. The Hall–Kier alpha value is -0.870. The second kappa shape index (κ2) is 6.49. The largest absolute Gasteiger partial charge is 0.337 e. The summed E-state index contributed by atoms with van der Waals surface area (Å²) < 4.78 is 0.902. The number of benzene rings is 1. The van der Waals surface area contributed by atoms with E-state index in [2.05, 4.69) is 20.8 Å². The Balaban J connectivity index is 1.67. The first-order valence-corrected chi connectivity index (χ1v) is 8.74. The Morgan fingerprint density at radius 3 is 2.71 bits per heavy atom. The maximum Gasteiger partial charge on any atom is 0.255 e. The van der Waals surface area contributed by atoms with Crippen LogP contribution in [0.25, 0.3) is 0 Å². The van der Waals surface area contributed by atoms with Gasteiger partial charge in [0.2, 0.25) is 0 Å². The molecule has 1 amide bonds. The summed E-state index contributed by atoms with van der Waals surface area (Å²) in [6.07, 6.45) is 5.11. The van der Waals surface area contributed by atoms with Gasteiger partial charge < -0.3 is 4.90 Å². The molecule has 3 rings (SSSR count). The van der Waals surface area contributed by atoms with Crippen molar-refractivity contribution in [1.82, 2.24) is 9.80 Å². The van der Waals surface area contributed by atoms with Crippen LogP contribution in [0.4, 0.5) is 0 Å². The number of nitrogens with zero attached hydrogens (tertiary/aromatic N) is 2. The molecule has 2 aliphatic rings. The zero-order chi connectivity index (χ0) is 14.8. The lowest BCUT2D eigenvalue weighted by molar-refractivity contribution is 0.0770. The van der Waals surface area contributed by atoms with E-state index in [0.29, 0.717) is 6.04 Å². The molecule has 21 heavy (non-hydrogen) atoms. The molecule has 0 N–H and O–H groups in total. The maximum absolute atomic E-state index is 12.7. The van der Waals surface area contributed by atoms with Crippen molar-refractivity contribution in [2.45, 2.75) is 38.6 Å². The van der Waals surface area contributed by atoms with Crippen LogP contribution in [0.1, 0.15) is 41.6 Å². The van der Waals surface area contributed by atoms with Crippen molar-refractivity contribution in [2.24, 2.45) is 0 Å². The average Bonchev–Trinajstić information content (AvgIpc) is 3.00. The SMILES string of the molecule is Cc1ccc(Br)c(C(=O)N2CCC(N3CCCCC3)C2)c1. The van der Waals surface area contributed by atoms with Gasteiger partial charge >= 0.3 is 0 Å². The predicted octanol–water partition coefficient (Wildman–Crippen LogP) is 3.46. The molecule has 114 valence electrons. The third-order valence-corrected chi connectivity index (χ3v) is 5.40. The molecule has 1 aromatic carbocycles. The van der Waals surface area contributed by atoms with Crippen molar-refractivity contribution in [2.75, 3.05) is 26.2 Å². The number of rotatable bonds is 2. The zero-order valence-electron chi connectivity index (χ0n) is 12.6. The fourth-order valence-electron chi connectivity index (χ4n) is 3.48. The van der Waals surface area contributed by atoms with Crippen LogP contribution < -0.4 is 0 Å². The zero-order valence-corrected chi connectivity index (χ0v) is 14.2. The van der Waals surface area contributed by atoms with E-state index in [1.165, 1.54) is 32.4 Å². The van der Waals surface area contributed by atoms with Gasteiger partial charge in [-0.05, 0) is 67.3 Å². The summed E-state index contributed by atoms with van der Waals surface area (Å²) in [5.41, 5.74) is 1.93. The van der Waals surface area contributed by atoms with Gasteiger partial charge in [-0.25, -0.2) is 0 Å². The Morgan fingerprint density at radius 1 is 1.19 bits per heavy atom. The predicted molar refractivity (Wildman–Crippen MR) is 88.6 cm³/mol. The van der Waals surface area contributed by atoms with Gasteiger partial charge in [-0.3, -0.25) is 9.69 Å². The topological polar surface area (TPSA) is 23.6 Å². The lowest BCUT2D eigenvalue weighted by Crippen LogP contribution is -2.41. The van der Waals surface area contributed by atoms with E-state index in [-0.39, 0.29) is 5.91 Å². The highest BCUT2D eigenvalue weighted by Gasteiger charge is 2.31. The minimum absolute atomic E-state index is 0.171. The van der Waals surface area contributed by atoms with Crippen LogP contribution in [-0.2, 0) is 0 Å². The lowest BCUT2D eigenvalue weighted by Gasteiger charge is -2.32. The molecule has 4 heteroatoms. The molecule has 1 unspecified atom stereocenters. The maximum atomic E-state index is 12.7. The first kappa shape index (κ1) is 15.0. The van der Waals surface area contributed by atoms with Crippen molar-refractivity contribution < 1.29 is 4.79 Å². The molecule has 0 bridgehead atoms. The summed E-state index contributed by atoms with van der Waals surface area (Å²) >= 11 is 3.51. The Labute approximate surface area is 135 Å². The Kier molecular flexibility index (Phi) is 4.65. The van der Waals surface area contributed by atoms with Gasteiger partial charge in [-0.1, -0.05) is 18.1 Å². The van der Waals surface area contributed by atoms with E-state index in [9.17, 15) is 4.79 Å². The van der Waals surface area contributed by atoms with Crippen molar-refractivity contribution in [3.8, 4) is 0 Å². The van der Waals surface area contributed by atoms with Crippen LogP contribution >= 0.6 is 15.9 Å². The fourth-order valence-corrected chi connectivity index (χ4v) is 3.90. The molecule has 2 saturated heterocycles. The van der Waals surface area contributed by atoms with E-state index < -0.39 is 0 Å². The molecular weight excluding hydrogens is 328 g/mol. The summed E-state index contributed by atoms with van der Waals surface area (Å²) in [7, 11) is 0. The number of hydrogen-bond acceptors (Lipinski definition) is 2. The van der Waals surface area contributed by atoms with Crippen LogP contribution in [0.15, 0.2) is 22.7 Å². The summed E-state index contributed by atoms with van der Waals surface area (Å²) in [5, 5.41) is 0.